The minimum atomic E-state index is -0.563. The number of likely N-dealkylation sites (tertiary alicyclic amines) is 1. The lowest BCUT2D eigenvalue weighted by Gasteiger charge is -2.21. The van der Waals surface area contributed by atoms with Crippen LogP contribution in [0.5, 0.6) is 0 Å². The predicted molar refractivity (Wildman–Crippen MR) is 115 cm³/mol. The molecule has 158 valence electrons. The summed E-state index contributed by atoms with van der Waals surface area (Å²) in [6.45, 7) is 1.58. The molecular weight excluding hydrogens is 403 g/mol. The minimum absolute atomic E-state index is 0.146. The van der Waals surface area contributed by atoms with Gasteiger partial charge in [-0.05, 0) is 29.8 Å². The van der Waals surface area contributed by atoms with Crippen molar-refractivity contribution in [3.63, 3.8) is 0 Å². The number of halogens is 1. The average molecular weight is 429 g/mol. The number of aliphatic hydroxyl groups excluding tert-OH is 1. The fourth-order valence-electron chi connectivity index (χ4n) is 4.19. The quantitative estimate of drug-likeness (QED) is 0.692. The minimum Gasteiger partial charge on any atom is -0.390 e. The molecule has 2 aliphatic heterocycles. The van der Waals surface area contributed by atoms with Gasteiger partial charge in [0.25, 0.3) is 0 Å². The van der Waals surface area contributed by atoms with E-state index in [1.807, 2.05) is 30.3 Å². The van der Waals surface area contributed by atoms with E-state index < -0.39 is 23.8 Å². The SMILES string of the molecule is O=C(N[C@H]1CSC[C@@H]1O)[C@@H]1CN(Cc2ccccc2)C[C@H]1C(=O)c1ccc(F)cc1. The summed E-state index contributed by atoms with van der Waals surface area (Å²) in [5, 5.41) is 13.0. The van der Waals surface area contributed by atoms with E-state index in [9.17, 15) is 19.1 Å². The number of nitrogens with zero attached hydrogens (tertiary/aromatic N) is 1. The molecule has 0 radical (unpaired) electrons. The lowest BCUT2D eigenvalue weighted by Crippen LogP contribution is -2.47. The van der Waals surface area contributed by atoms with Gasteiger partial charge < -0.3 is 10.4 Å². The highest BCUT2D eigenvalue weighted by molar-refractivity contribution is 7.99. The van der Waals surface area contributed by atoms with Crippen LogP contribution in [0.15, 0.2) is 54.6 Å². The van der Waals surface area contributed by atoms with Crippen LogP contribution >= 0.6 is 11.8 Å². The molecule has 2 N–H and O–H groups in total. The Morgan fingerprint density at radius 2 is 1.73 bits per heavy atom. The largest absolute Gasteiger partial charge is 0.390 e. The van der Waals surface area contributed by atoms with Gasteiger partial charge in [-0.15, -0.1) is 0 Å². The molecule has 5 nitrogen and oxygen atoms in total. The van der Waals surface area contributed by atoms with Crippen LogP contribution in [-0.4, -0.2) is 58.4 Å². The summed E-state index contributed by atoms with van der Waals surface area (Å²) in [6, 6.07) is 15.1. The predicted octanol–water partition coefficient (Wildman–Crippen LogP) is 2.35. The Morgan fingerprint density at radius 1 is 1.03 bits per heavy atom. The zero-order valence-corrected chi connectivity index (χ0v) is 17.4. The number of rotatable bonds is 6. The van der Waals surface area contributed by atoms with E-state index in [0.29, 0.717) is 36.7 Å². The normalized spacial score (nSPS) is 26.6. The zero-order chi connectivity index (χ0) is 21.1. The number of Topliss-reactive ketones (excluding diaryl/α,β-unsaturated/α-hetero) is 1. The molecule has 0 unspecified atom stereocenters. The number of carbonyl (C=O) groups excluding carboxylic acids is 2. The number of hydrogen-bond acceptors (Lipinski definition) is 5. The number of benzene rings is 2. The molecule has 0 aromatic heterocycles. The third kappa shape index (κ3) is 4.74. The van der Waals surface area contributed by atoms with Crippen molar-refractivity contribution in [2.45, 2.75) is 18.7 Å². The van der Waals surface area contributed by atoms with E-state index in [0.717, 1.165) is 5.56 Å². The van der Waals surface area contributed by atoms with Crippen LogP contribution in [0.25, 0.3) is 0 Å². The Balaban J connectivity index is 1.52. The van der Waals surface area contributed by atoms with E-state index >= 15 is 0 Å². The van der Waals surface area contributed by atoms with Gasteiger partial charge in [-0.1, -0.05) is 30.3 Å². The third-order valence-electron chi connectivity index (χ3n) is 5.82. The van der Waals surface area contributed by atoms with Gasteiger partial charge in [0.2, 0.25) is 5.91 Å². The number of amides is 1. The van der Waals surface area contributed by atoms with E-state index in [1.54, 1.807) is 11.8 Å². The molecule has 0 aliphatic carbocycles. The first-order valence-corrected chi connectivity index (χ1v) is 11.3. The van der Waals surface area contributed by atoms with E-state index in [-0.39, 0.29) is 17.7 Å². The molecule has 2 saturated heterocycles. The Labute approximate surface area is 179 Å². The first-order chi connectivity index (χ1) is 14.5. The van der Waals surface area contributed by atoms with Crippen molar-refractivity contribution in [2.24, 2.45) is 11.8 Å². The number of thioether (sulfide) groups is 1. The van der Waals surface area contributed by atoms with Crippen molar-refractivity contribution in [1.82, 2.24) is 10.2 Å². The number of nitrogens with one attached hydrogen (secondary N) is 1. The van der Waals surface area contributed by atoms with Gasteiger partial charge in [0, 0.05) is 42.6 Å². The molecule has 2 aliphatic rings. The first-order valence-electron chi connectivity index (χ1n) is 10.1. The Bertz CT molecular complexity index is 893. The smallest absolute Gasteiger partial charge is 0.225 e. The highest BCUT2D eigenvalue weighted by atomic mass is 32.2. The zero-order valence-electron chi connectivity index (χ0n) is 16.5. The summed E-state index contributed by atoms with van der Waals surface area (Å²) in [5.74, 6) is -0.484. The van der Waals surface area contributed by atoms with E-state index in [4.69, 9.17) is 0 Å². The van der Waals surface area contributed by atoms with Crippen molar-refractivity contribution in [1.29, 1.82) is 0 Å². The number of ketones is 1. The topological polar surface area (TPSA) is 69.6 Å². The summed E-state index contributed by atoms with van der Waals surface area (Å²) < 4.78 is 13.3. The van der Waals surface area contributed by atoms with Gasteiger partial charge in [-0.25, -0.2) is 4.39 Å². The number of hydrogen-bond donors (Lipinski definition) is 2. The Kier molecular flexibility index (Phi) is 6.51. The van der Waals surface area contributed by atoms with Crippen LogP contribution in [0.3, 0.4) is 0 Å². The molecule has 4 rings (SSSR count). The second kappa shape index (κ2) is 9.29. The monoisotopic (exact) mass is 428 g/mol. The highest BCUT2D eigenvalue weighted by Gasteiger charge is 2.43. The van der Waals surface area contributed by atoms with Crippen molar-refractivity contribution in [3.05, 3.63) is 71.5 Å². The summed E-state index contributed by atoms with van der Waals surface area (Å²) in [4.78, 5) is 28.4. The summed E-state index contributed by atoms with van der Waals surface area (Å²) in [5.41, 5.74) is 1.53. The van der Waals surface area contributed by atoms with Gasteiger partial charge >= 0.3 is 0 Å². The highest BCUT2D eigenvalue weighted by Crippen LogP contribution is 2.29. The van der Waals surface area contributed by atoms with Crippen LogP contribution in [0.1, 0.15) is 15.9 Å². The maximum absolute atomic E-state index is 13.3. The van der Waals surface area contributed by atoms with Crippen molar-refractivity contribution < 1.29 is 19.1 Å². The summed E-state index contributed by atoms with van der Waals surface area (Å²) in [6.07, 6.45) is -0.563. The van der Waals surface area contributed by atoms with Gasteiger partial charge in [0.1, 0.15) is 5.82 Å². The number of aliphatic hydroxyl groups is 1. The van der Waals surface area contributed by atoms with Gasteiger partial charge in [-0.2, -0.15) is 11.8 Å². The molecule has 0 spiro atoms. The molecule has 2 heterocycles. The van der Waals surface area contributed by atoms with Gasteiger partial charge in [0.05, 0.1) is 18.1 Å². The van der Waals surface area contributed by atoms with Crippen LogP contribution in [-0.2, 0) is 11.3 Å². The molecular formula is C23H25FN2O3S. The Morgan fingerprint density at radius 3 is 2.40 bits per heavy atom. The van der Waals surface area contributed by atoms with E-state index in [2.05, 4.69) is 10.2 Å². The molecule has 1 amide bonds. The third-order valence-corrected chi connectivity index (χ3v) is 7.00. The molecule has 0 bridgehead atoms. The van der Waals surface area contributed by atoms with Crippen LogP contribution < -0.4 is 5.32 Å². The standard InChI is InChI=1S/C23H25FN2O3S/c24-17-8-6-16(7-9-17)22(28)18-11-26(10-15-4-2-1-3-5-15)12-19(18)23(29)25-20-13-30-14-21(20)27/h1-9,18-21,27H,10-14H2,(H,25,29)/t18-,19-,20+,21+/m1/s1. The van der Waals surface area contributed by atoms with Crippen LogP contribution in [0.4, 0.5) is 4.39 Å². The molecule has 0 saturated carbocycles. The van der Waals surface area contributed by atoms with Crippen molar-refractivity contribution in [3.8, 4) is 0 Å². The molecule has 4 atom stereocenters. The number of carbonyl (C=O) groups is 2. The molecule has 2 aromatic carbocycles. The molecule has 2 fully saturated rings. The van der Waals surface area contributed by atoms with E-state index in [1.165, 1.54) is 24.3 Å². The summed E-state index contributed by atoms with van der Waals surface area (Å²) >= 11 is 1.60. The lowest BCUT2D eigenvalue weighted by molar-refractivity contribution is -0.126. The van der Waals surface area contributed by atoms with Crippen molar-refractivity contribution in [2.75, 3.05) is 24.6 Å². The Hall–Kier alpha value is -2.22. The first kappa shape index (κ1) is 21.0. The molecule has 2 aromatic rings. The van der Waals surface area contributed by atoms with Crippen molar-refractivity contribution >= 4 is 23.5 Å². The van der Waals surface area contributed by atoms with Crippen LogP contribution in [0.2, 0.25) is 0 Å². The summed E-state index contributed by atoms with van der Waals surface area (Å²) in [7, 11) is 0. The fraction of sp³-hybridized carbons (Fsp3) is 0.391. The maximum Gasteiger partial charge on any atom is 0.225 e. The van der Waals surface area contributed by atoms with Gasteiger partial charge in [-0.3, -0.25) is 14.5 Å². The second-order valence-corrected chi connectivity index (χ2v) is 9.06. The average Bonchev–Trinajstić information content (AvgIpc) is 3.35. The van der Waals surface area contributed by atoms with Gasteiger partial charge in [0.15, 0.2) is 5.78 Å². The second-order valence-electron chi connectivity index (χ2n) is 7.98. The molecule has 30 heavy (non-hydrogen) atoms. The maximum atomic E-state index is 13.3. The molecule has 7 heteroatoms. The lowest BCUT2D eigenvalue weighted by atomic mass is 9.87. The fourth-order valence-corrected chi connectivity index (χ4v) is 5.36. The van der Waals surface area contributed by atoms with Crippen LogP contribution in [0, 0.1) is 17.7 Å².